The fourth-order valence-electron chi connectivity index (χ4n) is 3.52. The Labute approximate surface area is 167 Å². The summed E-state index contributed by atoms with van der Waals surface area (Å²) < 4.78 is 14.7. The molecule has 0 aliphatic heterocycles. The first-order valence-electron chi connectivity index (χ1n) is 9.82. The number of H-pyrrole nitrogens is 2. The summed E-state index contributed by atoms with van der Waals surface area (Å²) in [6.45, 7) is 2.65. The van der Waals surface area contributed by atoms with Crippen molar-refractivity contribution in [2.75, 3.05) is 6.54 Å². The van der Waals surface area contributed by atoms with Gasteiger partial charge in [-0.25, -0.2) is 9.07 Å². The van der Waals surface area contributed by atoms with Crippen LogP contribution >= 0.6 is 0 Å². The van der Waals surface area contributed by atoms with Gasteiger partial charge >= 0.3 is 0 Å². The third kappa shape index (κ3) is 3.92. The summed E-state index contributed by atoms with van der Waals surface area (Å²) in [6.07, 6.45) is 6.12. The third-order valence-corrected chi connectivity index (χ3v) is 5.00. The van der Waals surface area contributed by atoms with E-state index in [0.29, 0.717) is 17.8 Å². The average molecular weight is 390 g/mol. The molecule has 0 radical (unpaired) electrons. The van der Waals surface area contributed by atoms with Gasteiger partial charge in [0.1, 0.15) is 5.82 Å². The second-order valence-corrected chi connectivity index (χ2v) is 7.02. The smallest absolute Gasteiger partial charge is 0.280 e. The van der Waals surface area contributed by atoms with Crippen LogP contribution in [-0.4, -0.2) is 27.5 Å². The summed E-state index contributed by atoms with van der Waals surface area (Å²) in [6, 6.07) is 14.0. The molecule has 148 valence electrons. The van der Waals surface area contributed by atoms with Crippen LogP contribution in [-0.2, 0) is 12.8 Å². The number of aliphatic imine (C=N–C) groups is 1. The van der Waals surface area contributed by atoms with E-state index in [-0.39, 0.29) is 11.4 Å². The minimum atomic E-state index is -0.332. The maximum Gasteiger partial charge on any atom is 0.280 e. The Morgan fingerprint density at radius 1 is 1.10 bits per heavy atom. The average Bonchev–Trinajstić information content (AvgIpc) is 3.28. The maximum atomic E-state index is 13.2. The van der Waals surface area contributed by atoms with Crippen LogP contribution in [0.4, 0.5) is 4.39 Å². The summed E-state index contributed by atoms with van der Waals surface area (Å²) in [5.74, 6) is -0.332. The summed E-state index contributed by atoms with van der Waals surface area (Å²) in [5.41, 5.74) is 4.17. The van der Waals surface area contributed by atoms with Crippen LogP contribution in [0.15, 0.2) is 64.5 Å². The van der Waals surface area contributed by atoms with Gasteiger partial charge in [0.05, 0.1) is 11.3 Å². The van der Waals surface area contributed by atoms with E-state index in [0.717, 1.165) is 30.5 Å². The predicted octanol–water partition coefficient (Wildman–Crippen LogP) is 4.40. The SMILES string of the molecule is CCCc1[nH]n(-c2ccc(F)cc2)c(=O)c1C=NCCc1c[nH]c2ccccc12. The molecule has 0 saturated carbocycles. The predicted molar refractivity (Wildman–Crippen MR) is 115 cm³/mol. The molecule has 2 aromatic heterocycles. The molecule has 4 rings (SSSR count). The molecule has 2 N–H and O–H groups in total. The van der Waals surface area contributed by atoms with Gasteiger partial charge in [0.25, 0.3) is 5.56 Å². The number of aryl methyl sites for hydroxylation is 1. The Morgan fingerprint density at radius 3 is 2.69 bits per heavy atom. The highest BCUT2D eigenvalue weighted by molar-refractivity contribution is 5.83. The molecule has 0 bridgehead atoms. The van der Waals surface area contributed by atoms with Gasteiger partial charge in [-0.15, -0.1) is 0 Å². The second-order valence-electron chi connectivity index (χ2n) is 7.02. The highest BCUT2D eigenvalue weighted by atomic mass is 19.1. The number of rotatable bonds is 7. The highest BCUT2D eigenvalue weighted by Gasteiger charge is 2.13. The molecule has 29 heavy (non-hydrogen) atoms. The molecule has 0 aliphatic rings. The molecule has 0 saturated heterocycles. The Morgan fingerprint density at radius 2 is 1.90 bits per heavy atom. The first-order valence-corrected chi connectivity index (χ1v) is 9.82. The Bertz CT molecular complexity index is 1200. The number of benzene rings is 2. The number of aromatic nitrogens is 3. The van der Waals surface area contributed by atoms with Crippen LogP contribution in [0.3, 0.4) is 0 Å². The minimum Gasteiger partial charge on any atom is -0.361 e. The van der Waals surface area contributed by atoms with Crippen LogP contribution < -0.4 is 5.56 Å². The summed E-state index contributed by atoms with van der Waals surface area (Å²) in [4.78, 5) is 20.7. The van der Waals surface area contributed by atoms with E-state index >= 15 is 0 Å². The van der Waals surface area contributed by atoms with E-state index in [1.54, 1.807) is 18.3 Å². The van der Waals surface area contributed by atoms with Crippen molar-refractivity contribution in [3.63, 3.8) is 0 Å². The number of hydrogen-bond donors (Lipinski definition) is 2. The van der Waals surface area contributed by atoms with Gasteiger partial charge in [-0.2, -0.15) is 0 Å². The molecule has 2 heterocycles. The maximum absolute atomic E-state index is 13.2. The van der Waals surface area contributed by atoms with Gasteiger partial charge < -0.3 is 4.98 Å². The van der Waals surface area contributed by atoms with Crippen molar-refractivity contribution >= 4 is 17.1 Å². The van der Waals surface area contributed by atoms with Crippen molar-refractivity contribution in [1.82, 2.24) is 14.8 Å². The fourth-order valence-corrected chi connectivity index (χ4v) is 3.52. The zero-order valence-electron chi connectivity index (χ0n) is 16.3. The summed E-state index contributed by atoms with van der Waals surface area (Å²) in [5, 5.41) is 4.35. The fraction of sp³-hybridized carbons (Fsp3) is 0.217. The van der Waals surface area contributed by atoms with Gasteiger partial charge in [0.2, 0.25) is 0 Å². The van der Waals surface area contributed by atoms with Gasteiger partial charge in [0.15, 0.2) is 0 Å². The highest BCUT2D eigenvalue weighted by Crippen LogP contribution is 2.18. The van der Waals surface area contributed by atoms with Gasteiger partial charge in [-0.3, -0.25) is 14.9 Å². The lowest BCUT2D eigenvalue weighted by atomic mass is 10.1. The Hall–Kier alpha value is -3.41. The monoisotopic (exact) mass is 390 g/mol. The lowest BCUT2D eigenvalue weighted by molar-refractivity contribution is 0.626. The van der Waals surface area contributed by atoms with Crippen molar-refractivity contribution in [1.29, 1.82) is 0 Å². The quantitative estimate of drug-likeness (QED) is 0.451. The number of nitrogens with one attached hydrogen (secondary N) is 2. The molecule has 0 atom stereocenters. The summed E-state index contributed by atoms with van der Waals surface area (Å²) in [7, 11) is 0. The molecule has 4 aromatic rings. The van der Waals surface area contributed by atoms with E-state index in [9.17, 15) is 9.18 Å². The number of para-hydroxylation sites is 1. The van der Waals surface area contributed by atoms with E-state index in [2.05, 4.69) is 34.1 Å². The van der Waals surface area contributed by atoms with Crippen LogP contribution in [0.1, 0.15) is 30.2 Å². The van der Waals surface area contributed by atoms with Crippen LogP contribution in [0.25, 0.3) is 16.6 Å². The molecule has 0 amide bonds. The second kappa shape index (κ2) is 8.31. The molecule has 2 aromatic carbocycles. The van der Waals surface area contributed by atoms with Crippen molar-refractivity contribution in [3.05, 3.63) is 87.7 Å². The zero-order valence-corrected chi connectivity index (χ0v) is 16.3. The Kier molecular flexibility index (Phi) is 5.42. The first kappa shape index (κ1) is 18.9. The van der Waals surface area contributed by atoms with Crippen LogP contribution in [0.5, 0.6) is 0 Å². The summed E-state index contributed by atoms with van der Waals surface area (Å²) >= 11 is 0. The van der Waals surface area contributed by atoms with Crippen LogP contribution in [0, 0.1) is 5.82 Å². The zero-order chi connectivity index (χ0) is 20.2. The number of nitrogens with zero attached hydrogens (tertiary/aromatic N) is 2. The lowest BCUT2D eigenvalue weighted by Gasteiger charge is -2.01. The molecule has 0 spiro atoms. The van der Waals surface area contributed by atoms with Crippen molar-refractivity contribution in [2.45, 2.75) is 26.2 Å². The third-order valence-electron chi connectivity index (χ3n) is 5.00. The van der Waals surface area contributed by atoms with Gasteiger partial charge in [-0.05, 0) is 48.7 Å². The molecule has 0 aliphatic carbocycles. The van der Waals surface area contributed by atoms with Crippen molar-refractivity contribution < 1.29 is 4.39 Å². The number of fused-ring (bicyclic) bond motifs is 1. The minimum absolute atomic E-state index is 0.170. The standard InChI is InChI=1S/C23H23FN4O/c1-2-5-22-20(23(29)28(27-22)18-10-8-17(24)9-11-18)15-25-13-12-16-14-26-21-7-4-3-6-19(16)21/h3-4,6-11,14-15,26-27H,2,5,12-13H2,1H3. The van der Waals surface area contributed by atoms with Crippen molar-refractivity contribution in [3.8, 4) is 5.69 Å². The van der Waals surface area contributed by atoms with Gasteiger partial charge in [0, 0.05) is 35.6 Å². The molecular weight excluding hydrogens is 367 g/mol. The van der Waals surface area contributed by atoms with Gasteiger partial charge in [-0.1, -0.05) is 31.5 Å². The molecular formula is C23H23FN4O. The van der Waals surface area contributed by atoms with Crippen molar-refractivity contribution in [2.24, 2.45) is 4.99 Å². The first-order chi connectivity index (χ1) is 14.2. The molecule has 5 nitrogen and oxygen atoms in total. The van der Waals surface area contributed by atoms with E-state index in [1.165, 1.54) is 27.8 Å². The normalized spacial score (nSPS) is 11.7. The molecule has 6 heteroatoms. The van der Waals surface area contributed by atoms with E-state index < -0.39 is 0 Å². The number of hydrogen-bond acceptors (Lipinski definition) is 2. The number of aromatic amines is 2. The Balaban J connectivity index is 1.55. The number of halogens is 1. The molecule has 0 unspecified atom stereocenters. The van der Waals surface area contributed by atoms with E-state index in [4.69, 9.17) is 0 Å². The van der Waals surface area contributed by atoms with Crippen LogP contribution in [0.2, 0.25) is 0 Å². The molecule has 0 fully saturated rings. The lowest BCUT2D eigenvalue weighted by Crippen LogP contribution is -2.17. The topological polar surface area (TPSA) is 65.9 Å². The van der Waals surface area contributed by atoms with E-state index in [1.807, 2.05) is 18.3 Å². The largest absolute Gasteiger partial charge is 0.361 e.